The summed E-state index contributed by atoms with van der Waals surface area (Å²) in [7, 11) is 1.80. The fourth-order valence-electron chi connectivity index (χ4n) is 5.16. The molecule has 0 spiro atoms. The first-order valence-electron chi connectivity index (χ1n) is 14.0. The molecule has 2 N–H and O–H groups in total. The molecule has 44 heavy (non-hydrogen) atoms. The Kier molecular flexibility index (Phi) is 7.85. The minimum absolute atomic E-state index is 0.0803. The SMILES string of the molecule is Cn1cc(-c2cnc(N(C(=O)NC3CC3)[C@H]3CC[C@H](Nc4ncc(C(F)(F)F)c(-c5ccn(C(F)F)n5)n4)CC3)cn2)cn1. The fraction of sp³-hybridized carbons (Fsp3) is 0.444. The quantitative estimate of drug-likeness (QED) is 0.263. The highest BCUT2D eigenvalue weighted by atomic mass is 19.4. The van der Waals surface area contributed by atoms with Gasteiger partial charge in [-0.05, 0) is 44.6 Å². The summed E-state index contributed by atoms with van der Waals surface area (Å²) >= 11 is 0. The monoisotopic (exact) mass is 617 g/mol. The van der Waals surface area contributed by atoms with Gasteiger partial charge in [0.15, 0.2) is 5.82 Å². The van der Waals surface area contributed by atoms with Crippen LogP contribution in [-0.2, 0) is 13.2 Å². The molecule has 2 amide bonds. The number of carbonyl (C=O) groups excluding carboxylic acids is 1. The van der Waals surface area contributed by atoms with Crippen LogP contribution in [0.5, 0.6) is 0 Å². The van der Waals surface area contributed by atoms with Crippen LogP contribution in [0.4, 0.5) is 38.5 Å². The molecule has 2 fully saturated rings. The Labute approximate surface area is 247 Å². The molecule has 0 saturated heterocycles. The second kappa shape index (κ2) is 11.8. The number of nitrogens with zero attached hydrogens (tertiary/aromatic N) is 9. The number of aromatic nitrogens is 8. The van der Waals surface area contributed by atoms with Crippen LogP contribution in [0.15, 0.2) is 43.2 Å². The number of amides is 2. The molecule has 12 nitrogen and oxygen atoms in total. The second-order valence-electron chi connectivity index (χ2n) is 10.8. The summed E-state index contributed by atoms with van der Waals surface area (Å²) in [6.07, 6.45) is 7.41. The van der Waals surface area contributed by atoms with Crippen molar-refractivity contribution in [3.8, 4) is 22.6 Å². The average Bonchev–Trinajstić information content (AvgIpc) is 3.46. The topological polar surface area (TPSA) is 132 Å². The Morgan fingerprint density at radius 1 is 0.977 bits per heavy atom. The van der Waals surface area contributed by atoms with Crippen LogP contribution in [0, 0.1) is 0 Å². The molecule has 4 aromatic heterocycles. The number of anilines is 2. The molecule has 232 valence electrons. The molecule has 0 radical (unpaired) electrons. The molecule has 0 bridgehead atoms. The maximum Gasteiger partial charge on any atom is 0.420 e. The molecule has 0 atom stereocenters. The highest BCUT2D eigenvalue weighted by Gasteiger charge is 2.37. The zero-order valence-electron chi connectivity index (χ0n) is 23.4. The van der Waals surface area contributed by atoms with Gasteiger partial charge in [-0.3, -0.25) is 14.6 Å². The summed E-state index contributed by atoms with van der Waals surface area (Å²) < 4.78 is 69.0. The van der Waals surface area contributed by atoms with E-state index in [4.69, 9.17) is 0 Å². The number of carbonyl (C=O) groups is 1. The van der Waals surface area contributed by atoms with E-state index in [1.54, 1.807) is 35.2 Å². The van der Waals surface area contributed by atoms with E-state index in [2.05, 4.69) is 40.8 Å². The number of urea groups is 1. The van der Waals surface area contributed by atoms with Crippen LogP contribution in [-0.4, -0.2) is 63.7 Å². The van der Waals surface area contributed by atoms with Crippen molar-refractivity contribution in [3.63, 3.8) is 0 Å². The largest absolute Gasteiger partial charge is 0.420 e. The third-order valence-corrected chi connectivity index (χ3v) is 7.55. The average molecular weight is 618 g/mol. The van der Waals surface area contributed by atoms with Crippen LogP contribution in [0.2, 0.25) is 0 Å². The van der Waals surface area contributed by atoms with Crippen LogP contribution in [0.1, 0.15) is 50.6 Å². The van der Waals surface area contributed by atoms with Gasteiger partial charge in [-0.25, -0.2) is 24.4 Å². The zero-order chi connectivity index (χ0) is 31.0. The molecule has 2 aliphatic carbocycles. The lowest BCUT2D eigenvalue weighted by Gasteiger charge is -2.36. The molecule has 2 aliphatic rings. The van der Waals surface area contributed by atoms with Crippen molar-refractivity contribution in [2.45, 2.75) is 69.4 Å². The van der Waals surface area contributed by atoms with Gasteiger partial charge in [0.25, 0.3) is 0 Å². The minimum atomic E-state index is -4.82. The predicted octanol–water partition coefficient (Wildman–Crippen LogP) is 5.05. The first-order valence-corrected chi connectivity index (χ1v) is 14.0. The normalized spacial score (nSPS) is 18.8. The van der Waals surface area contributed by atoms with Crippen molar-refractivity contribution in [2.24, 2.45) is 7.05 Å². The fourth-order valence-corrected chi connectivity index (χ4v) is 5.16. The van der Waals surface area contributed by atoms with Gasteiger partial charge in [-0.1, -0.05) is 0 Å². The predicted molar refractivity (Wildman–Crippen MR) is 147 cm³/mol. The van der Waals surface area contributed by atoms with E-state index < -0.39 is 24.0 Å². The first-order chi connectivity index (χ1) is 21.0. The maximum absolute atomic E-state index is 13.7. The second-order valence-corrected chi connectivity index (χ2v) is 10.8. The summed E-state index contributed by atoms with van der Waals surface area (Å²) in [5.74, 6) is 0.328. The number of halogens is 5. The van der Waals surface area contributed by atoms with Crippen molar-refractivity contribution < 1.29 is 26.7 Å². The third-order valence-electron chi connectivity index (χ3n) is 7.55. The number of nitrogens with one attached hydrogen (secondary N) is 2. The summed E-state index contributed by atoms with van der Waals surface area (Å²) in [4.78, 5) is 31.8. The molecular weight excluding hydrogens is 589 g/mol. The lowest BCUT2D eigenvalue weighted by atomic mass is 9.90. The Morgan fingerprint density at radius 2 is 1.73 bits per heavy atom. The Hall–Kier alpha value is -4.70. The van der Waals surface area contributed by atoms with Crippen molar-refractivity contribution >= 4 is 17.8 Å². The molecule has 17 heteroatoms. The van der Waals surface area contributed by atoms with Gasteiger partial charge in [0, 0.05) is 49.3 Å². The summed E-state index contributed by atoms with van der Waals surface area (Å²) in [5, 5.41) is 13.8. The van der Waals surface area contributed by atoms with Gasteiger partial charge in [0.2, 0.25) is 5.95 Å². The summed E-state index contributed by atoms with van der Waals surface area (Å²) in [6, 6.07) is 0.510. The van der Waals surface area contributed by atoms with Crippen molar-refractivity contribution in [2.75, 3.05) is 10.2 Å². The highest BCUT2D eigenvalue weighted by molar-refractivity contribution is 5.92. The van der Waals surface area contributed by atoms with Crippen LogP contribution in [0.25, 0.3) is 22.6 Å². The van der Waals surface area contributed by atoms with E-state index in [9.17, 15) is 26.7 Å². The molecule has 0 aromatic carbocycles. The van der Waals surface area contributed by atoms with Gasteiger partial charge < -0.3 is 10.6 Å². The van der Waals surface area contributed by atoms with E-state index >= 15 is 0 Å². The number of aryl methyl sites for hydroxylation is 1. The van der Waals surface area contributed by atoms with Crippen molar-refractivity contribution in [1.82, 2.24) is 44.8 Å². The zero-order valence-corrected chi connectivity index (χ0v) is 23.4. The highest BCUT2D eigenvalue weighted by Crippen LogP contribution is 2.36. The molecule has 0 aliphatic heterocycles. The minimum Gasteiger partial charge on any atom is -0.351 e. The van der Waals surface area contributed by atoms with E-state index in [0.717, 1.165) is 30.7 Å². The van der Waals surface area contributed by atoms with Gasteiger partial charge in [0.05, 0.1) is 24.3 Å². The first kappa shape index (κ1) is 29.4. The lowest BCUT2D eigenvalue weighted by molar-refractivity contribution is -0.137. The van der Waals surface area contributed by atoms with E-state index in [-0.39, 0.29) is 40.5 Å². The van der Waals surface area contributed by atoms with Crippen LogP contribution in [0.3, 0.4) is 0 Å². The molecule has 4 aromatic rings. The molecular formula is C27H28F5N11O. The molecule has 2 saturated carbocycles. The standard InChI is InChI=1S/C27H28F5N11O/c1-41-14-15(10-36-41)21-12-34-22(13-33-21)43(26(44)38-17-2-3-17)18-6-4-16(5-7-18)37-25-35-11-19(27(30,31)32)23(39-25)20-8-9-42(40-20)24(28)29/h8-14,16-18,24H,2-7H2,1H3,(H,38,44)(H,35,37,39)/t16-,18-. The number of alkyl halides is 5. The number of hydrogen-bond donors (Lipinski definition) is 2. The van der Waals surface area contributed by atoms with Crippen molar-refractivity contribution in [3.05, 3.63) is 48.8 Å². The molecule has 6 rings (SSSR count). The van der Waals surface area contributed by atoms with Gasteiger partial charge >= 0.3 is 18.8 Å². The van der Waals surface area contributed by atoms with Crippen LogP contribution < -0.4 is 15.5 Å². The lowest BCUT2D eigenvalue weighted by Crippen LogP contribution is -2.49. The molecule has 0 unspecified atom stereocenters. The Bertz CT molecular complexity index is 1610. The van der Waals surface area contributed by atoms with Gasteiger partial charge in [-0.15, -0.1) is 0 Å². The Balaban J connectivity index is 1.17. The van der Waals surface area contributed by atoms with E-state index in [1.165, 1.54) is 0 Å². The van der Waals surface area contributed by atoms with Gasteiger partial charge in [0.1, 0.15) is 17.0 Å². The maximum atomic E-state index is 13.7. The summed E-state index contributed by atoms with van der Waals surface area (Å²) in [6.45, 7) is -3.01. The van der Waals surface area contributed by atoms with Crippen molar-refractivity contribution in [1.29, 1.82) is 0 Å². The Morgan fingerprint density at radius 3 is 2.32 bits per heavy atom. The smallest absolute Gasteiger partial charge is 0.351 e. The van der Waals surface area contributed by atoms with E-state index in [0.29, 0.717) is 43.4 Å². The molecule has 4 heterocycles. The number of hydrogen-bond acceptors (Lipinski definition) is 8. The summed E-state index contributed by atoms with van der Waals surface area (Å²) in [5.41, 5.74) is -0.712. The van der Waals surface area contributed by atoms with Gasteiger partial charge in [-0.2, -0.15) is 32.1 Å². The third kappa shape index (κ3) is 6.45. The number of rotatable bonds is 8. The van der Waals surface area contributed by atoms with Crippen LogP contribution >= 0.6 is 0 Å². The van der Waals surface area contributed by atoms with E-state index in [1.807, 2.05) is 6.20 Å².